The number of morpholine rings is 1. The molecule has 0 amide bonds. The molecule has 0 aliphatic carbocycles. The molecule has 6 heteroatoms. The first-order valence-corrected chi connectivity index (χ1v) is 9.73. The molecule has 4 rings (SSSR count). The lowest BCUT2D eigenvalue weighted by Crippen LogP contribution is -2.38. The second-order valence-electron chi connectivity index (χ2n) is 7.04. The van der Waals surface area contributed by atoms with E-state index < -0.39 is 0 Å². The summed E-state index contributed by atoms with van der Waals surface area (Å²) in [6.45, 7) is 8.06. The molecule has 0 spiro atoms. The number of methoxy groups -OCH3 is 1. The fraction of sp³-hybridized carbons (Fsp3) is 0.476. The van der Waals surface area contributed by atoms with Crippen molar-refractivity contribution in [1.29, 1.82) is 0 Å². The van der Waals surface area contributed by atoms with Crippen LogP contribution in [0.1, 0.15) is 13.3 Å². The van der Waals surface area contributed by atoms with E-state index in [0.717, 1.165) is 79.9 Å². The molecule has 2 aromatic heterocycles. The van der Waals surface area contributed by atoms with Gasteiger partial charge in [0.1, 0.15) is 5.75 Å². The van der Waals surface area contributed by atoms with Crippen LogP contribution in [-0.4, -0.2) is 54.0 Å². The van der Waals surface area contributed by atoms with E-state index in [-0.39, 0.29) is 5.56 Å². The van der Waals surface area contributed by atoms with Gasteiger partial charge in [-0.1, -0.05) is 19.1 Å². The Balaban J connectivity index is 1.86. The molecule has 0 radical (unpaired) electrons. The second-order valence-corrected chi connectivity index (χ2v) is 7.04. The molecule has 0 N–H and O–H groups in total. The van der Waals surface area contributed by atoms with Gasteiger partial charge >= 0.3 is 0 Å². The maximum absolute atomic E-state index is 13.1. The summed E-state index contributed by atoms with van der Waals surface area (Å²) in [6.07, 6.45) is 2.86. The lowest BCUT2D eigenvalue weighted by Gasteiger charge is -2.27. The molecular weight excluding hydrogens is 342 g/mol. The fourth-order valence-electron chi connectivity index (χ4n) is 4.05. The van der Waals surface area contributed by atoms with Gasteiger partial charge in [0.25, 0.3) is 5.56 Å². The summed E-state index contributed by atoms with van der Waals surface area (Å²) < 4.78 is 15.2. The largest absolute Gasteiger partial charge is 0.495 e. The van der Waals surface area contributed by atoms with E-state index in [4.69, 9.17) is 9.47 Å². The first-order valence-electron chi connectivity index (χ1n) is 9.73. The van der Waals surface area contributed by atoms with Crippen molar-refractivity contribution in [2.75, 3.05) is 40.0 Å². The van der Waals surface area contributed by atoms with E-state index in [2.05, 4.69) is 22.5 Å². The number of fused-ring (bicyclic) bond motifs is 3. The first kappa shape index (κ1) is 18.1. The van der Waals surface area contributed by atoms with Crippen LogP contribution in [0.25, 0.3) is 21.8 Å². The van der Waals surface area contributed by atoms with Gasteiger partial charge in [0, 0.05) is 44.3 Å². The van der Waals surface area contributed by atoms with E-state index in [9.17, 15) is 4.79 Å². The normalized spacial score (nSPS) is 15.6. The van der Waals surface area contributed by atoms with Crippen LogP contribution < -0.4 is 10.3 Å². The summed E-state index contributed by atoms with van der Waals surface area (Å²) >= 11 is 0. The first-order chi connectivity index (χ1) is 13.2. The molecule has 27 heavy (non-hydrogen) atoms. The predicted octanol–water partition coefficient (Wildman–Crippen LogP) is 2.71. The highest BCUT2D eigenvalue weighted by atomic mass is 16.5. The van der Waals surface area contributed by atoms with Crippen LogP contribution >= 0.6 is 0 Å². The van der Waals surface area contributed by atoms with Gasteiger partial charge in [0.2, 0.25) is 0 Å². The standard InChI is InChI=1S/C21H27N3O3/c1-3-8-23-9-7-17-19(21(23)25)16-5-4-6-18(26-2)20(16)24(17)11-10-22-12-14-27-15-13-22/h4-7,9H,3,8,10-15H2,1-2H3. The van der Waals surface area contributed by atoms with Crippen molar-refractivity contribution in [1.82, 2.24) is 14.0 Å². The number of rotatable bonds is 6. The lowest BCUT2D eigenvalue weighted by molar-refractivity contribution is 0.0366. The van der Waals surface area contributed by atoms with Crippen molar-refractivity contribution in [3.63, 3.8) is 0 Å². The third-order valence-electron chi connectivity index (χ3n) is 5.40. The summed E-state index contributed by atoms with van der Waals surface area (Å²) in [5.74, 6) is 0.812. The monoisotopic (exact) mass is 369 g/mol. The summed E-state index contributed by atoms with van der Waals surface area (Å²) in [6, 6.07) is 8.04. The van der Waals surface area contributed by atoms with Gasteiger partial charge in [-0.2, -0.15) is 0 Å². The molecule has 1 aliphatic heterocycles. The lowest BCUT2D eigenvalue weighted by atomic mass is 10.2. The van der Waals surface area contributed by atoms with Crippen LogP contribution in [0.15, 0.2) is 35.3 Å². The fourth-order valence-corrected chi connectivity index (χ4v) is 4.05. The molecule has 1 aromatic carbocycles. The minimum atomic E-state index is 0.0812. The van der Waals surface area contributed by atoms with Gasteiger partial charge in [-0.15, -0.1) is 0 Å². The smallest absolute Gasteiger partial charge is 0.260 e. The third-order valence-corrected chi connectivity index (χ3v) is 5.40. The molecular formula is C21H27N3O3. The third kappa shape index (κ3) is 3.24. The minimum Gasteiger partial charge on any atom is -0.495 e. The maximum atomic E-state index is 13.1. The van der Waals surface area contributed by atoms with Gasteiger partial charge < -0.3 is 18.6 Å². The van der Waals surface area contributed by atoms with Crippen molar-refractivity contribution in [2.24, 2.45) is 0 Å². The molecule has 144 valence electrons. The Bertz CT molecular complexity index is 999. The Labute approximate surface area is 158 Å². The number of benzene rings is 1. The number of ether oxygens (including phenoxy) is 2. The summed E-state index contributed by atoms with van der Waals surface area (Å²) in [5, 5.41) is 1.77. The van der Waals surface area contributed by atoms with Crippen LogP contribution in [0.4, 0.5) is 0 Å². The van der Waals surface area contributed by atoms with E-state index >= 15 is 0 Å². The molecule has 0 saturated carbocycles. The maximum Gasteiger partial charge on any atom is 0.260 e. The van der Waals surface area contributed by atoms with Crippen molar-refractivity contribution >= 4 is 21.8 Å². The van der Waals surface area contributed by atoms with Gasteiger partial charge in [0.05, 0.1) is 36.7 Å². The SMILES string of the molecule is CCCn1ccc2c(c1=O)c1cccc(OC)c1n2CCN1CCOCC1. The molecule has 0 bridgehead atoms. The average molecular weight is 369 g/mol. The molecule has 1 saturated heterocycles. The highest BCUT2D eigenvalue weighted by Gasteiger charge is 2.19. The van der Waals surface area contributed by atoms with Crippen molar-refractivity contribution in [3.05, 3.63) is 40.8 Å². The average Bonchev–Trinajstić information content (AvgIpc) is 3.04. The molecule has 3 heterocycles. The zero-order valence-corrected chi connectivity index (χ0v) is 16.1. The molecule has 1 aliphatic rings. The van der Waals surface area contributed by atoms with Crippen LogP contribution in [0.3, 0.4) is 0 Å². The Morgan fingerprint density at radius 1 is 1.11 bits per heavy atom. The van der Waals surface area contributed by atoms with Gasteiger partial charge in [0.15, 0.2) is 0 Å². The van der Waals surface area contributed by atoms with Crippen molar-refractivity contribution in [3.8, 4) is 5.75 Å². The summed E-state index contributed by atoms with van der Waals surface area (Å²) in [4.78, 5) is 15.5. The highest BCUT2D eigenvalue weighted by molar-refractivity contribution is 6.09. The number of hydrogen-bond acceptors (Lipinski definition) is 4. The molecule has 1 fully saturated rings. The van der Waals surface area contributed by atoms with E-state index in [1.807, 2.05) is 29.0 Å². The molecule has 3 aromatic rings. The zero-order valence-electron chi connectivity index (χ0n) is 16.1. The number of nitrogens with zero attached hydrogens (tertiary/aromatic N) is 3. The van der Waals surface area contributed by atoms with Gasteiger partial charge in [-0.25, -0.2) is 0 Å². The van der Waals surface area contributed by atoms with Crippen LogP contribution in [0, 0.1) is 0 Å². The number of pyridine rings is 1. The predicted molar refractivity (Wildman–Crippen MR) is 108 cm³/mol. The summed E-state index contributed by atoms with van der Waals surface area (Å²) in [5.41, 5.74) is 2.08. The number of aromatic nitrogens is 2. The Morgan fingerprint density at radius 2 is 1.93 bits per heavy atom. The number of aryl methyl sites for hydroxylation is 1. The highest BCUT2D eigenvalue weighted by Crippen LogP contribution is 2.33. The molecule has 0 atom stereocenters. The zero-order chi connectivity index (χ0) is 18.8. The Morgan fingerprint density at radius 3 is 2.67 bits per heavy atom. The molecule has 0 unspecified atom stereocenters. The van der Waals surface area contributed by atoms with E-state index in [1.54, 1.807) is 7.11 Å². The topological polar surface area (TPSA) is 48.6 Å². The van der Waals surface area contributed by atoms with Gasteiger partial charge in [-0.05, 0) is 18.6 Å². The summed E-state index contributed by atoms with van der Waals surface area (Å²) in [7, 11) is 1.69. The van der Waals surface area contributed by atoms with Crippen LogP contribution in [-0.2, 0) is 17.8 Å². The number of hydrogen-bond donors (Lipinski definition) is 0. The van der Waals surface area contributed by atoms with Crippen LogP contribution in [0.5, 0.6) is 5.75 Å². The molecule has 6 nitrogen and oxygen atoms in total. The van der Waals surface area contributed by atoms with Crippen molar-refractivity contribution < 1.29 is 9.47 Å². The van der Waals surface area contributed by atoms with E-state index in [0.29, 0.717) is 0 Å². The minimum absolute atomic E-state index is 0.0812. The Kier molecular flexibility index (Phi) is 5.18. The second kappa shape index (κ2) is 7.74. The quantitative estimate of drug-likeness (QED) is 0.670. The van der Waals surface area contributed by atoms with Crippen LogP contribution in [0.2, 0.25) is 0 Å². The number of para-hydroxylation sites is 1. The Hall–Kier alpha value is -2.31. The van der Waals surface area contributed by atoms with Gasteiger partial charge in [-0.3, -0.25) is 9.69 Å². The van der Waals surface area contributed by atoms with Crippen molar-refractivity contribution in [2.45, 2.75) is 26.4 Å². The van der Waals surface area contributed by atoms with E-state index in [1.165, 1.54) is 0 Å².